The Morgan fingerprint density at radius 3 is 2.90 bits per heavy atom. The third-order valence-electron chi connectivity index (χ3n) is 3.84. The maximum Gasteiger partial charge on any atom is 0.338 e. The first kappa shape index (κ1) is 22.3. The number of thioether (sulfide) groups is 1. The van der Waals surface area contributed by atoms with Gasteiger partial charge in [-0.05, 0) is 36.9 Å². The molecule has 158 valence electrons. The topological polar surface area (TPSA) is 118 Å². The monoisotopic (exact) mass is 454 g/mol. The summed E-state index contributed by atoms with van der Waals surface area (Å²) in [6.45, 7) is 4.00. The third kappa shape index (κ3) is 5.81. The summed E-state index contributed by atoms with van der Waals surface area (Å²) in [5, 5.41) is 12.9. The first-order chi connectivity index (χ1) is 15.0. The molecule has 0 bridgehead atoms. The van der Waals surface area contributed by atoms with Gasteiger partial charge in [0.05, 0.1) is 12.2 Å². The van der Waals surface area contributed by atoms with Crippen molar-refractivity contribution in [3.63, 3.8) is 0 Å². The Balaban J connectivity index is 1.76. The van der Waals surface area contributed by atoms with Gasteiger partial charge < -0.3 is 9.15 Å². The largest absolute Gasteiger partial charge is 0.462 e. The number of rotatable bonds is 8. The Morgan fingerprint density at radius 1 is 1.32 bits per heavy atom. The van der Waals surface area contributed by atoms with E-state index in [0.717, 1.165) is 17.3 Å². The second-order valence-electron chi connectivity index (χ2n) is 5.94. The smallest absolute Gasteiger partial charge is 0.338 e. The van der Waals surface area contributed by atoms with Crippen LogP contribution in [0.3, 0.4) is 0 Å². The van der Waals surface area contributed by atoms with Gasteiger partial charge in [0.15, 0.2) is 0 Å². The summed E-state index contributed by atoms with van der Waals surface area (Å²) < 4.78 is 14.9. The summed E-state index contributed by atoms with van der Waals surface area (Å²) in [6.07, 6.45) is 1.34. The fourth-order valence-electron chi connectivity index (χ4n) is 2.50. The molecule has 0 spiro atoms. The highest BCUT2D eigenvalue weighted by atomic mass is 32.2. The first-order valence-electron chi connectivity index (χ1n) is 9.31. The summed E-state index contributed by atoms with van der Waals surface area (Å²) in [5.74, 6) is 0.602. The zero-order chi connectivity index (χ0) is 22.2. The van der Waals surface area contributed by atoms with Gasteiger partial charge in [0.1, 0.15) is 23.2 Å². The van der Waals surface area contributed by atoms with E-state index in [0.29, 0.717) is 32.9 Å². The molecule has 0 atom stereocenters. The van der Waals surface area contributed by atoms with Crippen molar-refractivity contribution in [3.05, 3.63) is 53.3 Å². The molecule has 31 heavy (non-hydrogen) atoms. The van der Waals surface area contributed by atoms with E-state index in [1.54, 1.807) is 43.3 Å². The normalized spacial score (nSPS) is 11.1. The predicted octanol–water partition coefficient (Wildman–Crippen LogP) is 4.63. The molecule has 0 radical (unpaired) electrons. The molecule has 2 aromatic heterocycles. The summed E-state index contributed by atoms with van der Waals surface area (Å²) in [5.41, 5.74) is 0.937. The second kappa shape index (κ2) is 10.6. The van der Waals surface area contributed by atoms with Crippen molar-refractivity contribution in [1.82, 2.24) is 9.36 Å². The highest BCUT2D eigenvalue weighted by molar-refractivity contribution is 7.99. The zero-order valence-electron chi connectivity index (χ0n) is 16.7. The molecule has 0 aliphatic rings. The number of aromatic nitrogens is 2. The molecule has 0 fully saturated rings. The molecule has 0 saturated carbocycles. The van der Waals surface area contributed by atoms with Crippen LogP contribution in [0.25, 0.3) is 17.4 Å². The number of carbonyl (C=O) groups is 2. The van der Waals surface area contributed by atoms with E-state index >= 15 is 0 Å². The number of hydrogen-bond donors (Lipinski definition) is 1. The summed E-state index contributed by atoms with van der Waals surface area (Å²) in [4.78, 5) is 28.5. The van der Waals surface area contributed by atoms with Gasteiger partial charge in [0.25, 0.3) is 5.91 Å². The van der Waals surface area contributed by atoms with Crippen LogP contribution in [0.1, 0.15) is 30.0 Å². The van der Waals surface area contributed by atoms with Crippen molar-refractivity contribution in [2.24, 2.45) is 0 Å². The van der Waals surface area contributed by atoms with Gasteiger partial charge in [0.2, 0.25) is 10.3 Å². The molecular weight excluding hydrogens is 436 g/mol. The minimum atomic E-state index is -0.603. The minimum Gasteiger partial charge on any atom is -0.462 e. The first-order valence-corrected chi connectivity index (χ1v) is 11.1. The van der Waals surface area contributed by atoms with Gasteiger partial charge in [-0.3, -0.25) is 10.1 Å². The third-order valence-corrected chi connectivity index (χ3v) is 5.31. The van der Waals surface area contributed by atoms with Gasteiger partial charge >= 0.3 is 5.97 Å². The number of ether oxygens (including phenoxy) is 1. The fraction of sp³-hybridized carbons (Fsp3) is 0.190. The van der Waals surface area contributed by atoms with E-state index in [9.17, 15) is 14.9 Å². The number of esters is 1. The second-order valence-corrected chi connectivity index (χ2v) is 7.93. The summed E-state index contributed by atoms with van der Waals surface area (Å²) in [7, 11) is 0. The van der Waals surface area contributed by atoms with Crippen LogP contribution in [0.15, 0.2) is 51.5 Å². The molecule has 1 N–H and O–H groups in total. The number of furan rings is 1. The van der Waals surface area contributed by atoms with Crippen LogP contribution in [0.2, 0.25) is 0 Å². The molecular formula is C21H18N4O4S2. The standard InChI is InChI=1S/C21H18N4O4S2/c1-3-28-19(27)14-7-5-6-13(10-14)17-9-8-16(29-17)11-15(12-22)18(26)23-20-24-21(25-31-20)30-4-2/h5-11H,3-4H2,1-2H3,(H,23,24,25,26)/b15-11-. The molecule has 8 nitrogen and oxygen atoms in total. The van der Waals surface area contributed by atoms with Gasteiger partial charge in [-0.1, -0.05) is 30.8 Å². The number of carbonyl (C=O) groups excluding carboxylic acids is 2. The van der Waals surface area contributed by atoms with Crippen molar-refractivity contribution in [2.45, 2.75) is 19.0 Å². The van der Waals surface area contributed by atoms with Crippen LogP contribution in [0.4, 0.5) is 5.13 Å². The van der Waals surface area contributed by atoms with Crippen LogP contribution in [0, 0.1) is 11.3 Å². The van der Waals surface area contributed by atoms with Crippen molar-refractivity contribution in [3.8, 4) is 17.4 Å². The molecule has 0 unspecified atom stereocenters. The Kier molecular flexibility index (Phi) is 7.59. The van der Waals surface area contributed by atoms with Crippen LogP contribution >= 0.6 is 23.3 Å². The van der Waals surface area contributed by atoms with Gasteiger partial charge in [-0.25, -0.2) is 4.79 Å². The molecule has 0 aliphatic heterocycles. The van der Waals surface area contributed by atoms with E-state index in [-0.39, 0.29) is 12.2 Å². The zero-order valence-corrected chi connectivity index (χ0v) is 18.4. The highest BCUT2D eigenvalue weighted by Crippen LogP contribution is 2.25. The maximum atomic E-state index is 12.4. The number of amides is 1. The number of nitrogens with one attached hydrogen (secondary N) is 1. The quantitative estimate of drug-likeness (QED) is 0.226. The van der Waals surface area contributed by atoms with Gasteiger partial charge in [-0.15, -0.1) is 0 Å². The molecule has 3 rings (SSSR count). The van der Waals surface area contributed by atoms with Gasteiger partial charge in [-0.2, -0.15) is 14.6 Å². The van der Waals surface area contributed by atoms with Crippen molar-refractivity contribution in [2.75, 3.05) is 17.7 Å². The average Bonchev–Trinajstić information content (AvgIpc) is 3.42. The Hall–Kier alpha value is -3.42. The lowest BCUT2D eigenvalue weighted by molar-refractivity contribution is -0.112. The van der Waals surface area contributed by atoms with Crippen molar-refractivity contribution < 1.29 is 18.7 Å². The fourth-order valence-corrected chi connectivity index (χ4v) is 3.77. The molecule has 1 amide bonds. The molecule has 10 heteroatoms. The summed E-state index contributed by atoms with van der Waals surface area (Å²) >= 11 is 2.51. The van der Waals surface area contributed by atoms with Gasteiger partial charge in [0, 0.05) is 23.2 Å². The molecule has 0 saturated heterocycles. The van der Waals surface area contributed by atoms with Crippen LogP contribution in [-0.4, -0.2) is 33.6 Å². The number of anilines is 1. The van der Waals surface area contributed by atoms with E-state index < -0.39 is 11.9 Å². The average molecular weight is 455 g/mol. The highest BCUT2D eigenvalue weighted by Gasteiger charge is 2.15. The molecule has 3 aromatic rings. The molecule has 1 aromatic carbocycles. The Bertz CT molecular complexity index is 1160. The van der Waals surface area contributed by atoms with Crippen LogP contribution < -0.4 is 5.32 Å². The van der Waals surface area contributed by atoms with Crippen LogP contribution in [0.5, 0.6) is 0 Å². The van der Waals surface area contributed by atoms with Crippen molar-refractivity contribution >= 4 is 46.4 Å². The Morgan fingerprint density at radius 2 is 2.16 bits per heavy atom. The van der Waals surface area contributed by atoms with E-state index in [4.69, 9.17) is 9.15 Å². The maximum absolute atomic E-state index is 12.4. The number of hydrogen-bond acceptors (Lipinski definition) is 9. The van der Waals surface area contributed by atoms with E-state index in [1.165, 1.54) is 17.8 Å². The Labute approximate surface area is 187 Å². The lowest BCUT2D eigenvalue weighted by Crippen LogP contribution is -2.13. The SMILES string of the molecule is CCOC(=O)c1cccc(-c2ccc(/C=C(/C#N)C(=O)Nc3nc(SCC)ns3)o2)c1. The summed E-state index contributed by atoms with van der Waals surface area (Å²) in [6, 6.07) is 12.0. The molecule has 2 heterocycles. The predicted molar refractivity (Wildman–Crippen MR) is 119 cm³/mol. The lowest BCUT2D eigenvalue weighted by atomic mass is 10.1. The minimum absolute atomic E-state index is 0.138. The number of nitriles is 1. The van der Waals surface area contributed by atoms with Crippen molar-refractivity contribution in [1.29, 1.82) is 5.26 Å². The lowest BCUT2D eigenvalue weighted by Gasteiger charge is -2.03. The molecule has 0 aliphatic carbocycles. The number of benzene rings is 1. The van der Waals surface area contributed by atoms with E-state index in [2.05, 4.69) is 14.7 Å². The van der Waals surface area contributed by atoms with Crippen LogP contribution in [-0.2, 0) is 9.53 Å². The number of nitrogens with zero attached hydrogens (tertiary/aromatic N) is 3. The van der Waals surface area contributed by atoms with E-state index in [1.807, 2.05) is 13.0 Å².